The first-order valence-corrected chi connectivity index (χ1v) is 6.68. The van der Waals surface area contributed by atoms with E-state index in [0.717, 1.165) is 11.4 Å². The molecular weight excluding hydrogens is 249 g/mol. The fourth-order valence-electron chi connectivity index (χ4n) is 1.64. The Morgan fingerprint density at radius 1 is 1.50 bits per heavy atom. The average Bonchev–Trinajstić information content (AvgIpc) is 2.83. The van der Waals surface area contributed by atoms with Crippen molar-refractivity contribution in [1.82, 2.24) is 4.98 Å². The quantitative estimate of drug-likeness (QED) is 0.830. The molecule has 1 aromatic heterocycles. The van der Waals surface area contributed by atoms with Crippen molar-refractivity contribution in [3.05, 3.63) is 40.1 Å². The second-order valence-corrected chi connectivity index (χ2v) is 5.23. The number of nitrogens with one attached hydrogen (secondary N) is 1. The van der Waals surface area contributed by atoms with Gasteiger partial charge in [0.2, 0.25) is 0 Å². The number of halogens is 1. The number of nitrogen functional groups attached to an aromatic ring is 1. The summed E-state index contributed by atoms with van der Waals surface area (Å²) in [6.07, 6.45) is 2.86. The highest BCUT2D eigenvalue weighted by molar-refractivity contribution is 7.11. The summed E-state index contributed by atoms with van der Waals surface area (Å²) in [6, 6.07) is 4.77. The van der Waals surface area contributed by atoms with E-state index in [4.69, 9.17) is 5.73 Å². The maximum atomic E-state index is 13.3. The van der Waals surface area contributed by atoms with E-state index in [1.54, 1.807) is 23.5 Å². The number of benzene rings is 1. The third-order valence-corrected chi connectivity index (χ3v) is 4.04. The SMILES string of the molecule is CCc1cnc(C(C)Nc2cccc(F)c2N)s1. The van der Waals surface area contributed by atoms with Crippen molar-refractivity contribution >= 4 is 22.7 Å². The second-order valence-electron chi connectivity index (χ2n) is 4.09. The molecule has 2 rings (SSSR count). The van der Waals surface area contributed by atoms with Crippen LogP contribution in [-0.2, 0) is 6.42 Å². The van der Waals surface area contributed by atoms with Gasteiger partial charge in [-0.3, -0.25) is 0 Å². The Bertz CT molecular complexity index is 539. The Morgan fingerprint density at radius 3 is 2.94 bits per heavy atom. The van der Waals surface area contributed by atoms with Gasteiger partial charge in [0.1, 0.15) is 10.8 Å². The van der Waals surface area contributed by atoms with Gasteiger partial charge in [-0.25, -0.2) is 9.37 Å². The third-order valence-electron chi connectivity index (χ3n) is 2.72. The maximum Gasteiger partial charge on any atom is 0.148 e. The summed E-state index contributed by atoms with van der Waals surface area (Å²) < 4.78 is 13.3. The number of hydrogen-bond donors (Lipinski definition) is 2. The Morgan fingerprint density at radius 2 is 2.28 bits per heavy atom. The molecule has 2 aromatic rings. The minimum Gasteiger partial charge on any atom is -0.395 e. The van der Waals surface area contributed by atoms with Crippen molar-refractivity contribution < 1.29 is 4.39 Å². The number of para-hydroxylation sites is 1. The predicted octanol–water partition coefficient (Wildman–Crippen LogP) is 3.60. The van der Waals surface area contributed by atoms with Crippen LogP contribution < -0.4 is 11.1 Å². The molecule has 3 N–H and O–H groups in total. The zero-order chi connectivity index (χ0) is 13.1. The fourth-order valence-corrected chi connectivity index (χ4v) is 2.50. The summed E-state index contributed by atoms with van der Waals surface area (Å²) in [7, 11) is 0. The van der Waals surface area contributed by atoms with Crippen molar-refractivity contribution in [3.63, 3.8) is 0 Å². The van der Waals surface area contributed by atoms with Crippen molar-refractivity contribution in [3.8, 4) is 0 Å². The van der Waals surface area contributed by atoms with Crippen LogP contribution in [-0.4, -0.2) is 4.98 Å². The lowest BCUT2D eigenvalue weighted by Crippen LogP contribution is -2.08. The molecule has 0 fully saturated rings. The summed E-state index contributed by atoms with van der Waals surface area (Å²) in [4.78, 5) is 5.60. The molecule has 0 saturated heterocycles. The monoisotopic (exact) mass is 265 g/mol. The maximum absolute atomic E-state index is 13.3. The summed E-state index contributed by atoms with van der Waals surface area (Å²) in [5.41, 5.74) is 6.44. The zero-order valence-corrected chi connectivity index (χ0v) is 11.2. The van der Waals surface area contributed by atoms with Crippen LogP contribution in [0.25, 0.3) is 0 Å². The molecule has 18 heavy (non-hydrogen) atoms. The van der Waals surface area contributed by atoms with Crippen LogP contribution in [0.2, 0.25) is 0 Å². The number of nitrogens with zero attached hydrogens (tertiary/aromatic N) is 1. The fraction of sp³-hybridized carbons (Fsp3) is 0.308. The number of rotatable bonds is 4. The molecule has 3 nitrogen and oxygen atoms in total. The van der Waals surface area contributed by atoms with Gasteiger partial charge in [-0.1, -0.05) is 13.0 Å². The molecule has 1 unspecified atom stereocenters. The van der Waals surface area contributed by atoms with Crippen molar-refractivity contribution in [2.24, 2.45) is 0 Å². The molecule has 1 aromatic carbocycles. The lowest BCUT2D eigenvalue weighted by Gasteiger charge is -2.14. The minimum absolute atomic E-state index is 0.0133. The summed E-state index contributed by atoms with van der Waals surface area (Å²) in [5, 5.41) is 4.17. The minimum atomic E-state index is -0.402. The normalized spacial score (nSPS) is 12.4. The van der Waals surface area contributed by atoms with Gasteiger partial charge in [0.25, 0.3) is 0 Å². The van der Waals surface area contributed by atoms with Crippen molar-refractivity contribution in [2.45, 2.75) is 26.3 Å². The molecule has 0 aliphatic heterocycles. The van der Waals surface area contributed by atoms with Gasteiger partial charge in [0.15, 0.2) is 0 Å². The smallest absolute Gasteiger partial charge is 0.148 e. The lowest BCUT2D eigenvalue weighted by atomic mass is 10.2. The van der Waals surface area contributed by atoms with Gasteiger partial charge >= 0.3 is 0 Å². The summed E-state index contributed by atoms with van der Waals surface area (Å²) >= 11 is 1.66. The standard InChI is InChI=1S/C13H16FN3S/c1-3-9-7-16-13(18-9)8(2)17-11-6-4-5-10(14)12(11)15/h4-8,17H,3,15H2,1-2H3. The number of nitrogens with two attached hydrogens (primary N) is 1. The highest BCUT2D eigenvalue weighted by atomic mass is 32.1. The van der Waals surface area contributed by atoms with Gasteiger partial charge < -0.3 is 11.1 Å². The Balaban J connectivity index is 2.15. The lowest BCUT2D eigenvalue weighted by molar-refractivity contribution is 0.632. The van der Waals surface area contributed by atoms with Gasteiger partial charge in [-0.05, 0) is 25.5 Å². The van der Waals surface area contributed by atoms with Gasteiger partial charge in [-0.15, -0.1) is 11.3 Å². The molecule has 0 aliphatic rings. The van der Waals surface area contributed by atoms with E-state index in [2.05, 4.69) is 17.2 Å². The molecule has 1 heterocycles. The van der Waals surface area contributed by atoms with Crippen molar-refractivity contribution in [2.75, 3.05) is 11.1 Å². The van der Waals surface area contributed by atoms with E-state index in [1.165, 1.54) is 10.9 Å². The first-order chi connectivity index (χ1) is 8.61. The topological polar surface area (TPSA) is 50.9 Å². The Kier molecular flexibility index (Phi) is 3.81. The third kappa shape index (κ3) is 2.61. The van der Waals surface area contributed by atoms with Crippen LogP contribution in [0.4, 0.5) is 15.8 Å². The van der Waals surface area contributed by atoms with Crippen LogP contribution in [0.1, 0.15) is 29.8 Å². The van der Waals surface area contributed by atoms with E-state index in [1.807, 2.05) is 13.1 Å². The second kappa shape index (κ2) is 5.35. The highest BCUT2D eigenvalue weighted by Gasteiger charge is 2.12. The van der Waals surface area contributed by atoms with Gasteiger partial charge in [-0.2, -0.15) is 0 Å². The molecule has 0 amide bonds. The largest absolute Gasteiger partial charge is 0.395 e. The molecule has 0 radical (unpaired) electrons. The van der Waals surface area contributed by atoms with E-state index < -0.39 is 5.82 Å². The molecule has 96 valence electrons. The molecular formula is C13H16FN3S. The van der Waals surface area contributed by atoms with Gasteiger partial charge in [0, 0.05) is 11.1 Å². The molecule has 0 saturated carbocycles. The van der Waals surface area contributed by atoms with E-state index in [0.29, 0.717) is 5.69 Å². The average molecular weight is 265 g/mol. The van der Waals surface area contributed by atoms with Crippen LogP contribution in [0.15, 0.2) is 24.4 Å². The number of aromatic nitrogens is 1. The predicted molar refractivity (Wildman–Crippen MR) is 74.3 cm³/mol. The van der Waals surface area contributed by atoms with Gasteiger partial charge in [0.05, 0.1) is 17.4 Å². The summed E-state index contributed by atoms with van der Waals surface area (Å²) in [5.74, 6) is -0.402. The zero-order valence-electron chi connectivity index (χ0n) is 10.4. The van der Waals surface area contributed by atoms with Crippen LogP contribution in [0.5, 0.6) is 0 Å². The molecule has 1 atom stereocenters. The van der Waals surface area contributed by atoms with E-state index in [9.17, 15) is 4.39 Å². The van der Waals surface area contributed by atoms with Crippen molar-refractivity contribution in [1.29, 1.82) is 0 Å². The summed E-state index contributed by atoms with van der Waals surface area (Å²) in [6.45, 7) is 4.09. The first-order valence-electron chi connectivity index (χ1n) is 5.87. The van der Waals surface area contributed by atoms with Crippen LogP contribution in [0.3, 0.4) is 0 Å². The Hall–Kier alpha value is -1.62. The first kappa shape index (κ1) is 12.8. The Labute approximate surface area is 110 Å². The molecule has 0 spiro atoms. The highest BCUT2D eigenvalue weighted by Crippen LogP contribution is 2.28. The van der Waals surface area contributed by atoms with Crippen LogP contribution >= 0.6 is 11.3 Å². The molecule has 0 aliphatic carbocycles. The van der Waals surface area contributed by atoms with E-state index in [-0.39, 0.29) is 11.7 Å². The number of hydrogen-bond acceptors (Lipinski definition) is 4. The molecule has 5 heteroatoms. The number of anilines is 2. The number of thiazole rings is 1. The van der Waals surface area contributed by atoms with E-state index >= 15 is 0 Å². The molecule has 0 bridgehead atoms. The number of aryl methyl sites for hydroxylation is 1. The van der Waals surface area contributed by atoms with Crippen LogP contribution in [0, 0.1) is 5.82 Å².